The number of hydrogen-bond donors (Lipinski definition) is 2. The number of fused-ring (bicyclic) bond motifs is 1. The highest BCUT2D eigenvalue weighted by Crippen LogP contribution is 2.24. The zero-order valence-corrected chi connectivity index (χ0v) is 16.6. The Kier molecular flexibility index (Phi) is 5.90. The first-order chi connectivity index (χ1) is 13.2. The molecule has 2 aromatic rings. The Balaban J connectivity index is 1.75. The number of carbonyl (C=O) groups excluding carboxylic acids is 2. The van der Waals surface area contributed by atoms with Gasteiger partial charge in [0.15, 0.2) is 0 Å². The number of aliphatic hydroxyl groups excluding tert-OH is 1. The van der Waals surface area contributed by atoms with Crippen LogP contribution >= 0.6 is 15.9 Å². The summed E-state index contributed by atoms with van der Waals surface area (Å²) in [5.74, 6) is -5.71. The standard InChI is InChI=1S/C18H19BrF2N4O3/c1-10-4-5-25(17(28)18(20,21)9-26)8-14(10)24-16(27)13-3-2-11-6-22-7-12(19)15(11)23-13/h2-3,6-7,10,14,26H,4-5,8-9H2,1H3,(H,24,27). The van der Waals surface area contributed by atoms with Crippen molar-refractivity contribution in [3.05, 3.63) is 34.7 Å². The zero-order chi connectivity index (χ0) is 20.5. The first-order valence-corrected chi connectivity index (χ1v) is 9.51. The van der Waals surface area contributed by atoms with Crippen LogP contribution in [0.1, 0.15) is 23.8 Å². The maximum atomic E-state index is 13.5. The van der Waals surface area contributed by atoms with E-state index in [1.807, 2.05) is 6.92 Å². The number of alkyl halides is 2. The molecule has 1 aliphatic rings. The van der Waals surface area contributed by atoms with E-state index in [2.05, 4.69) is 31.2 Å². The predicted molar refractivity (Wildman–Crippen MR) is 101 cm³/mol. The van der Waals surface area contributed by atoms with Gasteiger partial charge in [-0.05, 0) is 40.4 Å². The second-order valence-electron chi connectivity index (χ2n) is 6.85. The Morgan fingerprint density at radius 1 is 1.39 bits per heavy atom. The fraction of sp³-hybridized carbons (Fsp3) is 0.444. The van der Waals surface area contributed by atoms with E-state index in [9.17, 15) is 18.4 Å². The third kappa shape index (κ3) is 4.12. The molecule has 2 amide bonds. The molecule has 1 aliphatic heterocycles. The zero-order valence-electron chi connectivity index (χ0n) is 15.0. The summed E-state index contributed by atoms with van der Waals surface area (Å²) in [6, 6.07) is 2.78. The largest absolute Gasteiger partial charge is 0.390 e. The van der Waals surface area contributed by atoms with E-state index in [0.717, 1.165) is 10.3 Å². The molecule has 0 saturated carbocycles. The summed E-state index contributed by atoms with van der Waals surface area (Å²) in [7, 11) is 0. The van der Waals surface area contributed by atoms with Gasteiger partial charge in [-0.25, -0.2) is 4.98 Å². The summed E-state index contributed by atoms with van der Waals surface area (Å²) >= 11 is 3.35. The van der Waals surface area contributed by atoms with Gasteiger partial charge in [0.05, 0.1) is 9.99 Å². The minimum atomic E-state index is -3.82. The topological polar surface area (TPSA) is 95.4 Å². The van der Waals surface area contributed by atoms with Crippen LogP contribution in [0.2, 0.25) is 0 Å². The van der Waals surface area contributed by atoms with E-state index < -0.39 is 30.4 Å². The quantitative estimate of drug-likeness (QED) is 0.733. The lowest BCUT2D eigenvalue weighted by Crippen LogP contribution is -2.57. The van der Waals surface area contributed by atoms with Crippen molar-refractivity contribution in [1.82, 2.24) is 20.2 Å². The highest BCUT2D eigenvalue weighted by molar-refractivity contribution is 9.10. The van der Waals surface area contributed by atoms with Gasteiger partial charge in [0.1, 0.15) is 12.3 Å². The Bertz CT molecular complexity index is 912. The third-order valence-corrected chi connectivity index (χ3v) is 5.44. The Morgan fingerprint density at radius 3 is 2.86 bits per heavy atom. The molecule has 0 bridgehead atoms. The molecule has 0 radical (unpaired) electrons. The molecule has 3 heterocycles. The first kappa shape index (κ1) is 20.5. The molecule has 0 spiro atoms. The van der Waals surface area contributed by atoms with Crippen LogP contribution in [0.25, 0.3) is 10.9 Å². The second kappa shape index (κ2) is 8.04. The van der Waals surface area contributed by atoms with Crippen LogP contribution in [0.3, 0.4) is 0 Å². The number of carbonyl (C=O) groups is 2. The Labute approximate surface area is 168 Å². The molecule has 1 fully saturated rings. The number of halogens is 3. The lowest BCUT2D eigenvalue weighted by molar-refractivity contribution is -0.164. The highest BCUT2D eigenvalue weighted by Gasteiger charge is 2.43. The van der Waals surface area contributed by atoms with E-state index in [0.29, 0.717) is 16.4 Å². The fourth-order valence-electron chi connectivity index (χ4n) is 3.12. The number of pyridine rings is 2. The van der Waals surface area contributed by atoms with Crippen molar-refractivity contribution in [2.45, 2.75) is 25.3 Å². The molecule has 10 heteroatoms. The number of hydrogen-bond acceptors (Lipinski definition) is 5. The minimum absolute atomic E-state index is 0.00728. The monoisotopic (exact) mass is 456 g/mol. The molecule has 3 rings (SSSR count). The minimum Gasteiger partial charge on any atom is -0.390 e. The number of nitrogens with zero attached hydrogens (tertiary/aromatic N) is 3. The van der Waals surface area contributed by atoms with Gasteiger partial charge in [0, 0.05) is 36.9 Å². The molecule has 0 aromatic carbocycles. The highest BCUT2D eigenvalue weighted by atomic mass is 79.9. The van der Waals surface area contributed by atoms with Gasteiger partial charge >= 0.3 is 5.92 Å². The SMILES string of the molecule is CC1CCN(C(=O)C(F)(F)CO)CC1NC(=O)c1ccc2cncc(Br)c2n1. The second-order valence-corrected chi connectivity index (χ2v) is 7.70. The van der Waals surface area contributed by atoms with Gasteiger partial charge in [0.2, 0.25) is 0 Å². The van der Waals surface area contributed by atoms with Crippen LogP contribution in [0.5, 0.6) is 0 Å². The molecule has 1 saturated heterocycles. The summed E-state index contributed by atoms with van der Waals surface area (Å²) in [5, 5.41) is 12.3. The van der Waals surface area contributed by atoms with E-state index in [1.165, 1.54) is 0 Å². The Morgan fingerprint density at radius 2 is 2.14 bits per heavy atom. The average Bonchev–Trinajstić information content (AvgIpc) is 2.69. The average molecular weight is 457 g/mol. The Hall–Kier alpha value is -2.20. The van der Waals surface area contributed by atoms with Gasteiger partial charge in [0.25, 0.3) is 11.8 Å². The van der Waals surface area contributed by atoms with Gasteiger partial charge in [-0.2, -0.15) is 8.78 Å². The van der Waals surface area contributed by atoms with Crippen LogP contribution in [0.15, 0.2) is 29.0 Å². The van der Waals surface area contributed by atoms with E-state index in [1.54, 1.807) is 24.5 Å². The maximum absolute atomic E-state index is 13.5. The van der Waals surface area contributed by atoms with Crippen LogP contribution in [-0.4, -0.2) is 63.4 Å². The van der Waals surface area contributed by atoms with Gasteiger partial charge in [-0.15, -0.1) is 0 Å². The molecule has 150 valence electrons. The van der Waals surface area contributed by atoms with Gasteiger partial charge in [-0.3, -0.25) is 14.6 Å². The number of likely N-dealkylation sites (tertiary alicyclic amines) is 1. The normalized spacial score (nSPS) is 20.2. The van der Waals surface area contributed by atoms with Crippen molar-refractivity contribution in [1.29, 1.82) is 0 Å². The van der Waals surface area contributed by atoms with Crippen molar-refractivity contribution in [3.63, 3.8) is 0 Å². The molecule has 0 aliphatic carbocycles. The molecule has 2 unspecified atom stereocenters. The number of rotatable bonds is 4. The lowest BCUT2D eigenvalue weighted by atomic mass is 9.93. The summed E-state index contributed by atoms with van der Waals surface area (Å²) in [6.07, 6.45) is 3.66. The summed E-state index contributed by atoms with van der Waals surface area (Å²) in [6.45, 7) is 0.436. The van der Waals surface area contributed by atoms with Crippen molar-refractivity contribution in [3.8, 4) is 0 Å². The van der Waals surface area contributed by atoms with Crippen LogP contribution in [0.4, 0.5) is 8.78 Å². The van der Waals surface area contributed by atoms with E-state index >= 15 is 0 Å². The van der Waals surface area contributed by atoms with Crippen molar-refractivity contribution in [2.75, 3.05) is 19.7 Å². The molecule has 2 aromatic heterocycles. The van der Waals surface area contributed by atoms with E-state index in [-0.39, 0.29) is 24.7 Å². The van der Waals surface area contributed by atoms with Gasteiger partial charge < -0.3 is 15.3 Å². The van der Waals surface area contributed by atoms with Crippen LogP contribution < -0.4 is 5.32 Å². The third-order valence-electron chi connectivity index (χ3n) is 4.86. The molecular formula is C18H19BrF2N4O3. The number of piperidine rings is 1. The molecule has 2 N–H and O–H groups in total. The summed E-state index contributed by atoms with van der Waals surface area (Å²) in [4.78, 5) is 33.9. The number of aliphatic hydroxyl groups is 1. The van der Waals surface area contributed by atoms with Gasteiger partial charge in [-0.1, -0.05) is 6.92 Å². The molecule has 28 heavy (non-hydrogen) atoms. The predicted octanol–water partition coefficient (Wildman–Crippen LogP) is 1.99. The van der Waals surface area contributed by atoms with Crippen LogP contribution in [0, 0.1) is 5.92 Å². The number of amides is 2. The number of nitrogens with one attached hydrogen (secondary N) is 1. The van der Waals surface area contributed by atoms with E-state index in [4.69, 9.17) is 5.11 Å². The fourth-order valence-corrected chi connectivity index (χ4v) is 3.55. The molecule has 7 nitrogen and oxygen atoms in total. The smallest absolute Gasteiger partial charge is 0.347 e. The maximum Gasteiger partial charge on any atom is 0.347 e. The van der Waals surface area contributed by atoms with Crippen molar-refractivity contribution >= 4 is 38.6 Å². The lowest BCUT2D eigenvalue weighted by Gasteiger charge is -2.38. The summed E-state index contributed by atoms with van der Waals surface area (Å²) in [5.41, 5.74) is 0.759. The first-order valence-electron chi connectivity index (χ1n) is 8.72. The molecule has 2 atom stereocenters. The van der Waals surface area contributed by atoms with Crippen molar-refractivity contribution in [2.24, 2.45) is 5.92 Å². The summed E-state index contributed by atoms with van der Waals surface area (Å²) < 4.78 is 27.7. The van der Waals surface area contributed by atoms with Crippen LogP contribution in [-0.2, 0) is 4.79 Å². The van der Waals surface area contributed by atoms with Crippen molar-refractivity contribution < 1.29 is 23.5 Å². The number of aromatic nitrogens is 2. The molecular weight excluding hydrogens is 438 g/mol.